The van der Waals surface area contributed by atoms with Crippen molar-refractivity contribution in [3.05, 3.63) is 52.0 Å². The molecule has 0 spiro atoms. The van der Waals surface area contributed by atoms with Crippen molar-refractivity contribution in [2.45, 2.75) is 0 Å². The number of carboxylic acids is 1. The van der Waals surface area contributed by atoms with Crippen LogP contribution in [0.4, 0.5) is 0 Å². The molecule has 0 unspecified atom stereocenters. The Bertz CT molecular complexity index is 642. The maximum absolute atomic E-state index is 10.8. The van der Waals surface area contributed by atoms with Crippen molar-refractivity contribution in [1.29, 1.82) is 0 Å². The van der Waals surface area contributed by atoms with E-state index < -0.39 is 17.8 Å². The average molecular weight is 308 g/mol. The Labute approximate surface area is 123 Å². The van der Waals surface area contributed by atoms with Crippen molar-refractivity contribution in [3.63, 3.8) is 0 Å². The van der Waals surface area contributed by atoms with Crippen LogP contribution in [0.1, 0.15) is 29.8 Å². The van der Waals surface area contributed by atoms with E-state index in [-0.39, 0.29) is 9.75 Å². The maximum Gasteiger partial charge on any atom is 0.345 e. The molecule has 0 fully saturated rings. The number of nitrogens with one attached hydrogen (secondary N) is 1. The number of aromatic carboxylic acids is 1. The zero-order valence-corrected chi connectivity index (χ0v) is 11.5. The minimum absolute atomic E-state index is 0.119. The first-order valence-electron chi connectivity index (χ1n) is 5.50. The molecule has 2 amide bonds. The molecule has 6 N–H and O–H groups in total. The molecule has 0 radical (unpaired) electrons. The average Bonchev–Trinajstić information content (AvgIpc) is 2.98. The van der Waals surface area contributed by atoms with Crippen molar-refractivity contribution >= 4 is 29.1 Å². The monoisotopic (exact) mass is 308 g/mol. The predicted molar refractivity (Wildman–Crippen MR) is 75.7 cm³/mol. The molecule has 21 heavy (non-hydrogen) atoms. The van der Waals surface area contributed by atoms with Crippen LogP contribution in [0.2, 0.25) is 0 Å². The minimum atomic E-state index is -1.05. The lowest BCUT2D eigenvalue weighted by Crippen LogP contribution is -2.29. The maximum atomic E-state index is 10.8. The molecule has 0 aliphatic carbocycles. The molecule has 0 saturated heterocycles. The summed E-state index contributed by atoms with van der Waals surface area (Å²) in [5.41, 5.74) is 7.13. The van der Waals surface area contributed by atoms with E-state index in [1.54, 1.807) is 18.2 Å². The molecule has 8 nitrogen and oxygen atoms in total. The van der Waals surface area contributed by atoms with Gasteiger partial charge in [-0.2, -0.15) is 0 Å². The Morgan fingerprint density at radius 3 is 2.19 bits per heavy atom. The molecule has 0 atom stereocenters. The summed E-state index contributed by atoms with van der Waals surface area (Å²) in [7, 11) is 0. The number of nitrogens with two attached hydrogens (primary N) is 2. The molecule has 0 saturated carbocycles. The number of hydrogen-bond acceptors (Lipinski definition) is 6. The van der Waals surface area contributed by atoms with Crippen LogP contribution in [-0.4, -0.2) is 27.9 Å². The van der Waals surface area contributed by atoms with Crippen LogP contribution < -0.4 is 17.0 Å². The molecule has 0 aliphatic heterocycles. The summed E-state index contributed by atoms with van der Waals surface area (Å²) in [5, 5.41) is 8.50. The lowest BCUT2D eigenvalue weighted by atomic mass is 10.3. The van der Waals surface area contributed by atoms with Gasteiger partial charge in [0.05, 0.1) is 4.88 Å². The summed E-state index contributed by atoms with van der Waals surface area (Å²) >= 11 is 0.882. The van der Waals surface area contributed by atoms with Gasteiger partial charge in [-0.05, 0) is 24.3 Å². The highest BCUT2D eigenvalue weighted by Gasteiger charge is 2.10. The first kappa shape index (κ1) is 16.3. The van der Waals surface area contributed by atoms with E-state index in [9.17, 15) is 14.4 Å². The summed E-state index contributed by atoms with van der Waals surface area (Å²) in [6, 6.07) is 7.79. The molecular weight excluding hydrogens is 296 g/mol. The Kier molecular flexibility index (Phi) is 5.99. The number of pyridine rings is 1. The molecule has 2 heterocycles. The van der Waals surface area contributed by atoms with Gasteiger partial charge < -0.3 is 10.8 Å². The number of carbonyl (C=O) groups is 3. The molecule has 2 rings (SSSR count). The van der Waals surface area contributed by atoms with Crippen LogP contribution in [-0.2, 0) is 0 Å². The Morgan fingerprint density at radius 2 is 1.81 bits per heavy atom. The van der Waals surface area contributed by atoms with Crippen molar-refractivity contribution in [2.75, 3.05) is 0 Å². The summed E-state index contributed by atoms with van der Waals surface area (Å²) in [5.74, 6) is 2.83. The van der Waals surface area contributed by atoms with Gasteiger partial charge in [-0.25, -0.2) is 10.6 Å². The van der Waals surface area contributed by atoms with Crippen LogP contribution in [0.3, 0.4) is 0 Å². The number of thiophene rings is 1. The van der Waals surface area contributed by atoms with Gasteiger partial charge in [0, 0.05) is 6.20 Å². The first-order valence-corrected chi connectivity index (χ1v) is 6.32. The minimum Gasteiger partial charge on any atom is -0.477 e. The van der Waals surface area contributed by atoms with Gasteiger partial charge in [-0.15, -0.1) is 11.3 Å². The van der Waals surface area contributed by atoms with E-state index in [1.165, 1.54) is 18.3 Å². The standard InChI is InChI=1S/C6H6N2O3S.C6H6N2O/c7-8-5(9)3-1-2-4(12-3)6(10)11;7-6(9)5-3-1-2-4-8-5/h1-2H,7H2,(H,8,9)(H,10,11);1-4H,(H2,7,9). The topological polar surface area (TPSA) is 148 Å². The van der Waals surface area contributed by atoms with Crippen LogP contribution in [0.15, 0.2) is 36.5 Å². The van der Waals surface area contributed by atoms with Gasteiger partial charge in [-0.3, -0.25) is 20.0 Å². The highest BCUT2D eigenvalue weighted by atomic mass is 32.1. The van der Waals surface area contributed by atoms with E-state index in [4.69, 9.17) is 16.7 Å². The fraction of sp³-hybridized carbons (Fsp3) is 0. The van der Waals surface area contributed by atoms with E-state index in [0.717, 1.165) is 11.3 Å². The number of primary amides is 1. The molecule has 110 valence electrons. The smallest absolute Gasteiger partial charge is 0.345 e. The van der Waals surface area contributed by atoms with Gasteiger partial charge in [0.2, 0.25) is 0 Å². The Morgan fingerprint density at radius 1 is 1.14 bits per heavy atom. The molecule has 9 heteroatoms. The molecule has 0 aromatic carbocycles. The second-order valence-electron chi connectivity index (χ2n) is 3.52. The molecule has 2 aromatic rings. The molecule has 0 aliphatic rings. The second kappa shape index (κ2) is 7.72. The number of rotatable bonds is 3. The third-order valence-electron chi connectivity index (χ3n) is 2.09. The normalized spacial score (nSPS) is 9.19. The molecular formula is C12H12N4O4S. The van der Waals surface area contributed by atoms with Gasteiger partial charge in [-0.1, -0.05) is 6.07 Å². The number of nitrogens with zero attached hydrogens (tertiary/aromatic N) is 1. The summed E-state index contributed by atoms with van der Waals surface area (Å²) < 4.78 is 0. The van der Waals surface area contributed by atoms with Crippen molar-refractivity contribution in [2.24, 2.45) is 11.6 Å². The lowest BCUT2D eigenvalue weighted by Gasteiger charge is -1.91. The van der Waals surface area contributed by atoms with E-state index >= 15 is 0 Å². The number of aromatic nitrogens is 1. The lowest BCUT2D eigenvalue weighted by molar-refractivity contribution is 0.0701. The first-order chi connectivity index (χ1) is 9.95. The van der Waals surface area contributed by atoms with Gasteiger partial charge in [0.1, 0.15) is 10.6 Å². The summed E-state index contributed by atoms with van der Waals surface area (Å²) in [4.78, 5) is 35.7. The number of nitrogen functional groups attached to an aromatic ring is 1. The third kappa shape index (κ3) is 5.01. The second-order valence-corrected chi connectivity index (χ2v) is 4.61. The number of amides is 2. The molecule has 2 aromatic heterocycles. The van der Waals surface area contributed by atoms with E-state index in [0.29, 0.717) is 5.69 Å². The van der Waals surface area contributed by atoms with Gasteiger partial charge >= 0.3 is 5.97 Å². The van der Waals surface area contributed by atoms with Crippen LogP contribution >= 0.6 is 11.3 Å². The Balaban J connectivity index is 0.000000219. The van der Waals surface area contributed by atoms with Crippen LogP contribution in [0.5, 0.6) is 0 Å². The number of hydrogen-bond donors (Lipinski definition) is 4. The fourth-order valence-electron chi connectivity index (χ4n) is 1.15. The van der Waals surface area contributed by atoms with Crippen molar-refractivity contribution in [3.8, 4) is 0 Å². The highest BCUT2D eigenvalue weighted by Crippen LogP contribution is 2.15. The summed E-state index contributed by atoms with van der Waals surface area (Å²) in [6.07, 6.45) is 1.53. The van der Waals surface area contributed by atoms with E-state index in [1.807, 2.05) is 5.43 Å². The number of carbonyl (C=O) groups excluding carboxylic acids is 2. The fourth-order valence-corrected chi connectivity index (χ4v) is 1.90. The van der Waals surface area contributed by atoms with Crippen molar-refractivity contribution in [1.82, 2.24) is 10.4 Å². The largest absolute Gasteiger partial charge is 0.477 e. The van der Waals surface area contributed by atoms with Gasteiger partial charge in [0.25, 0.3) is 11.8 Å². The SMILES string of the molecule is NC(=O)c1ccccn1.NNC(=O)c1ccc(C(=O)O)s1. The third-order valence-corrected chi connectivity index (χ3v) is 3.16. The van der Waals surface area contributed by atoms with Crippen LogP contribution in [0.25, 0.3) is 0 Å². The number of hydrazine groups is 1. The predicted octanol–water partition coefficient (Wildman–Crippen LogP) is 0.230. The van der Waals surface area contributed by atoms with Gasteiger partial charge in [0.15, 0.2) is 0 Å². The Hall–Kier alpha value is -2.78. The number of carboxylic acid groups (broad SMARTS) is 1. The van der Waals surface area contributed by atoms with E-state index in [2.05, 4.69) is 4.98 Å². The summed E-state index contributed by atoms with van der Waals surface area (Å²) in [6.45, 7) is 0. The zero-order valence-electron chi connectivity index (χ0n) is 10.6. The zero-order chi connectivity index (χ0) is 15.8. The quantitative estimate of drug-likeness (QED) is 0.362. The van der Waals surface area contributed by atoms with Crippen LogP contribution in [0, 0.1) is 0 Å². The highest BCUT2D eigenvalue weighted by molar-refractivity contribution is 7.15. The molecule has 0 bridgehead atoms. The van der Waals surface area contributed by atoms with Crippen molar-refractivity contribution < 1.29 is 19.5 Å².